The second-order valence-corrected chi connectivity index (χ2v) is 3.43. The van der Waals surface area contributed by atoms with Crippen molar-refractivity contribution in [2.75, 3.05) is 13.2 Å². The van der Waals surface area contributed by atoms with Gasteiger partial charge in [-0.1, -0.05) is 18.2 Å². The van der Waals surface area contributed by atoms with Crippen molar-refractivity contribution in [2.24, 2.45) is 0 Å². The Labute approximate surface area is 95.1 Å². The molecule has 1 aromatic rings. The molecule has 0 unspecified atom stereocenters. The Hall–Kier alpha value is -1.13. The molecule has 0 aliphatic carbocycles. The quantitative estimate of drug-likeness (QED) is 0.591. The number of hydrogen-bond donors (Lipinski definition) is 2. The molecule has 0 amide bonds. The predicted octanol–water partition coefficient (Wildman–Crippen LogP) is 1.71. The van der Waals surface area contributed by atoms with E-state index in [1.165, 1.54) is 0 Å². The molecule has 15 heavy (non-hydrogen) atoms. The summed E-state index contributed by atoms with van der Waals surface area (Å²) in [5.41, 5.74) is 0. The highest BCUT2D eigenvalue weighted by molar-refractivity contribution is 7.80. The van der Waals surface area contributed by atoms with Crippen molar-refractivity contribution in [1.82, 2.24) is 5.32 Å². The van der Waals surface area contributed by atoms with Gasteiger partial charge in [0.1, 0.15) is 5.75 Å². The first-order valence-electron chi connectivity index (χ1n) is 4.94. The van der Waals surface area contributed by atoms with E-state index in [1.807, 2.05) is 30.3 Å². The molecule has 4 heteroatoms. The normalized spacial score (nSPS) is 9.67. The number of para-hydroxylation sites is 1. The lowest BCUT2D eigenvalue weighted by molar-refractivity contribution is 0.284. The van der Waals surface area contributed by atoms with E-state index in [1.54, 1.807) is 0 Å². The lowest BCUT2D eigenvalue weighted by Gasteiger charge is -2.08. The summed E-state index contributed by atoms with van der Waals surface area (Å²) in [5, 5.41) is 11.9. The van der Waals surface area contributed by atoms with Gasteiger partial charge < -0.3 is 15.2 Å². The Morgan fingerprint density at radius 2 is 2.00 bits per heavy atom. The van der Waals surface area contributed by atoms with Crippen molar-refractivity contribution < 1.29 is 9.84 Å². The molecule has 82 valence electrons. The van der Waals surface area contributed by atoms with Gasteiger partial charge in [-0.2, -0.15) is 0 Å². The van der Waals surface area contributed by atoms with E-state index in [2.05, 4.69) is 5.32 Å². The van der Waals surface area contributed by atoms with Crippen LogP contribution in [-0.2, 0) is 0 Å². The summed E-state index contributed by atoms with van der Waals surface area (Å²) < 4.78 is 5.35. The third-order valence-electron chi connectivity index (χ3n) is 1.81. The van der Waals surface area contributed by atoms with Crippen LogP contribution in [0.25, 0.3) is 0 Å². The highest BCUT2D eigenvalue weighted by Gasteiger charge is 1.97. The molecule has 2 N–H and O–H groups in total. The Balaban J connectivity index is 2.19. The summed E-state index contributed by atoms with van der Waals surface area (Å²) in [6.45, 7) is 0.945. The summed E-state index contributed by atoms with van der Waals surface area (Å²) in [5.74, 6) is 0.733. The van der Waals surface area contributed by atoms with Crippen LogP contribution in [0.4, 0.5) is 0 Å². The second kappa shape index (κ2) is 7.20. The van der Waals surface area contributed by atoms with Gasteiger partial charge in [-0.3, -0.25) is 0 Å². The van der Waals surface area contributed by atoms with Crippen LogP contribution in [-0.4, -0.2) is 23.4 Å². The summed E-state index contributed by atoms with van der Waals surface area (Å²) in [6.07, 6.45) is 1.66. The monoisotopic (exact) mass is 225 g/mol. The molecule has 1 aromatic carbocycles. The number of benzene rings is 1. The standard InChI is InChI=1S/C11H15NO2S/c13-9-5-4-8-12-11(15)14-10-6-2-1-3-7-10/h1-3,6-7,13H,4-5,8-9H2,(H,12,15). The molecule has 0 saturated heterocycles. The van der Waals surface area contributed by atoms with Gasteiger partial charge in [0.15, 0.2) is 0 Å². The van der Waals surface area contributed by atoms with Crippen molar-refractivity contribution in [1.29, 1.82) is 0 Å². The topological polar surface area (TPSA) is 41.5 Å². The number of aliphatic hydroxyl groups is 1. The highest BCUT2D eigenvalue weighted by atomic mass is 32.1. The zero-order valence-corrected chi connectivity index (χ0v) is 9.30. The third-order valence-corrected chi connectivity index (χ3v) is 2.04. The first kappa shape index (κ1) is 11.9. The maximum absolute atomic E-state index is 8.57. The molecule has 0 atom stereocenters. The molecule has 0 aliphatic rings. The van der Waals surface area contributed by atoms with Gasteiger partial charge >= 0.3 is 0 Å². The first-order valence-corrected chi connectivity index (χ1v) is 5.35. The fourth-order valence-electron chi connectivity index (χ4n) is 1.06. The van der Waals surface area contributed by atoms with Crippen LogP contribution in [0, 0.1) is 0 Å². The minimum atomic E-state index is 0.216. The van der Waals surface area contributed by atoms with Crippen molar-refractivity contribution in [3.63, 3.8) is 0 Å². The van der Waals surface area contributed by atoms with Crippen molar-refractivity contribution in [3.05, 3.63) is 30.3 Å². The van der Waals surface area contributed by atoms with Crippen LogP contribution in [0.3, 0.4) is 0 Å². The second-order valence-electron chi connectivity index (χ2n) is 3.06. The van der Waals surface area contributed by atoms with Crippen LogP contribution >= 0.6 is 12.2 Å². The van der Waals surface area contributed by atoms with E-state index in [-0.39, 0.29) is 6.61 Å². The fourth-order valence-corrected chi connectivity index (χ4v) is 1.26. The van der Waals surface area contributed by atoms with Crippen molar-refractivity contribution in [2.45, 2.75) is 12.8 Å². The van der Waals surface area contributed by atoms with E-state index in [9.17, 15) is 0 Å². The van der Waals surface area contributed by atoms with Crippen LogP contribution < -0.4 is 10.1 Å². The summed E-state index contributed by atoms with van der Waals surface area (Å²) >= 11 is 4.99. The van der Waals surface area contributed by atoms with Crippen LogP contribution in [0.1, 0.15) is 12.8 Å². The SMILES string of the molecule is OCCCCNC(=S)Oc1ccccc1. The lowest BCUT2D eigenvalue weighted by Crippen LogP contribution is -2.27. The lowest BCUT2D eigenvalue weighted by atomic mass is 10.3. The maximum atomic E-state index is 8.57. The smallest absolute Gasteiger partial charge is 0.262 e. The van der Waals surface area contributed by atoms with Crippen LogP contribution in [0.2, 0.25) is 0 Å². The molecule has 0 spiro atoms. The average molecular weight is 225 g/mol. The highest BCUT2D eigenvalue weighted by Crippen LogP contribution is 2.08. The van der Waals surface area contributed by atoms with E-state index in [4.69, 9.17) is 22.1 Å². The van der Waals surface area contributed by atoms with Gasteiger partial charge in [0.25, 0.3) is 5.17 Å². The number of ether oxygens (including phenoxy) is 1. The van der Waals surface area contributed by atoms with Gasteiger partial charge in [-0.15, -0.1) is 0 Å². The third kappa shape index (κ3) is 5.34. The van der Waals surface area contributed by atoms with Gasteiger partial charge in [0.05, 0.1) is 0 Å². The van der Waals surface area contributed by atoms with E-state index in [0.29, 0.717) is 5.17 Å². The van der Waals surface area contributed by atoms with Crippen LogP contribution in [0.15, 0.2) is 30.3 Å². The Bertz CT molecular complexity index is 290. The molecule has 0 radical (unpaired) electrons. The number of nitrogens with one attached hydrogen (secondary N) is 1. The fraction of sp³-hybridized carbons (Fsp3) is 0.364. The molecule has 0 aliphatic heterocycles. The van der Waals surface area contributed by atoms with Gasteiger partial charge in [-0.05, 0) is 37.2 Å². The minimum Gasteiger partial charge on any atom is -0.432 e. The van der Waals surface area contributed by atoms with E-state index in [0.717, 1.165) is 25.1 Å². The van der Waals surface area contributed by atoms with Crippen LogP contribution in [0.5, 0.6) is 5.75 Å². The molecular weight excluding hydrogens is 210 g/mol. The minimum absolute atomic E-state index is 0.216. The molecule has 1 rings (SSSR count). The maximum Gasteiger partial charge on any atom is 0.262 e. The molecule has 0 heterocycles. The Morgan fingerprint density at radius 3 is 2.67 bits per heavy atom. The summed E-state index contributed by atoms with van der Waals surface area (Å²) in [4.78, 5) is 0. The molecule has 0 fully saturated rings. The van der Waals surface area contributed by atoms with Gasteiger partial charge in [0, 0.05) is 13.2 Å². The zero-order chi connectivity index (χ0) is 10.9. The average Bonchev–Trinajstić information content (AvgIpc) is 2.26. The van der Waals surface area contributed by atoms with Gasteiger partial charge in [0.2, 0.25) is 0 Å². The molecular formula is C11H15NO2S. The zero-order valence-electron chi connectivity index (χ0n) is 8.48. The Morgan fingerprint density at radius 1 is 1.27 bits per heavy atom. The van der Waals surface area contributed by atoms with E-state index >= 15 is 0 Å². The van der Waals surface area contributed by atoms with Crippen molar-refractivity contribution >= 4 is 17.4 Å². The molecule has 0 bridgehead atoms. The number of unbranched alkanes of at least 4 members (excludes halogenated alkanes) is 1. The summed E-state index contributed by atoms with van der Waals surface area (Å²) in [7, 11) is 0. The van der Waals surface area contributed by atoms with E-state index < -0.39 is 0 Å². The predicted molar refractivity (Wildman–Crippen MR) is 64.0 cm³/mol. The largest absolute Gasteiger partial charge is 0.432 e. The number of rotatable bonds is 5. The number of thiocarbonyl (C=S) groups is 1. The van der Waals surface area contributed by atoms with Gasteiger partial charge in [-0.25, -0.2) is 0 Å². The first-order chi connectivity index (χ1) is 7.33. The molecule has 0 saturated carbocycles. The van der Waals surface area contributed by atoms with Crippen molar-refractivity contribution in [3.8, 4) is 5.75 Å². The summed E-state index contributed by atoms with van der Waals surface area (Å²) in [6, 6.07) is 9.40. The molecule has 3 nitrogen and oxygen atoms in total. The number of hydrogen-bond acceptors (Lipinski definition) is 3. The number of aliphatic hydroxyl groups excluding tert-OH is 1. The molecule has 0 aromatic heterocycles. The Kier molecular flexibility index (Phi) is 5.73.